The maximum absolute atomic E-state index is 12.8. The van der Waals surface area contributed by atoms with Gasteiger partial charge in [0.05, 0.1) is 16.3 Å². The van der Waals surface area contributed by atoms with E-state index in [-0.39, 0.29) is 11.5 Å². The number of esters is 1. The number of hydrogen-bond acceptors (Lipinski definition) is 4. The van der Waals surface area contributed by atoms with Crippen molar-refractivity contribution in [2.75, 3.05) is 18.8 Å². The van der Waals surface area contributed by atoms with Gasteiger partial charge >= 0.3 is 5.97 Å². The lowest BCUT2D eigenvalue weighted by Gasteiger charge is -2.23. The SMILES string of the molecule is Nc1cc(C(=O)O[C@H](C(=O)N2CCCC2)c2ccccc2)ccc1Cl. The van der Waals surface area contributed by atoms with Gasteiger partial charge in [0.15, 0.2) is 0 Å². The number of hydrogen-bond donors (Lipinski definition) is 1. The number of rotatable bonds is 4. The molecule has 5 nitrogen and oxygen atoms in total. The van der Waals surface area contributed by atoms with Crippen molar-refractivity contribution in [1.82, 2.24) is 4.90 Å². The van der Waals surface area contributed by atoms with Gasteiger partial charge in [0, 0.05) is 18.7 Å². The molecule has 130 valence electrons. The van der Waals surface area contributed by atoms with Crippen LogP contribution in [0.4, 0.5) is 5.69 Å². The van der Waals surface area contributed by atoms with Gasteiger partial charge in [0.25, 0.3) is 5.91 Å². The van der Waals surface area contributed by atoms with E-state index in [1.165, 1.54) is 18.2 Å². The van der Waals surface area contributed by atoms with Crippen molar-refractivity contribution in [2.24, 2.45) is 0 Å². The number of amides is 1. The van der Waals surface area contributed by atoms with Crippen LogP contribution in [0.15, 0.2) is 48.5 Å². The number of anilines is 1. The molecule has 1 fully saturated rings. The largest absolute Gasteiger partial charge is 0.444 e. The van der Waals surface area contributed by atoms with E-state index in [2.05, 4.69) is 0 Å². The molecule has 0 aliphatic carbocycles. The molecule has 1 aliphatic rings. The molecule has 0 bridgehead atoms. The van der Waals surface area contributed by atoms with Crippen molar-refractivity contribution < 1.29 is 14.3 Å². The molecule has 2 aromatic rings. The Balaban J connectivity index is 1.85. The van der Waals surface area contributed by atoms with Gasteiger partial charge in [-0.1, -0.05) is 41.9 Å². The van der Waals surface area contributed by atoms with Crippen LogP contribution in [0.3, 0.4) is 0 Å². The molecule has 2 N–H and O–H groups in total. The molecule has 0 saturated carbocycles. The first-order valence-electron chi connectivity index (χ1n) is 8.16. The highest BCUT2D eigenvalue weighted by atomic mass is 35.5. The van der Waals surface area contributed by atoms with E-state index < -0.39 is 12.1 Å². The molecule has 2 aromatic carbocycles. The van der Waals surface area contributed by atoms with E-state index in [0.29, 0.717) is 29.4 Å². The van der Waals surface area contributed by atoms with E-state index in [4.69, 9.17) is 22.1 Å². The van der Waals surface area contributed by atoms with Crippen molar-refractivity contribution in [1.29, 1.82) is 0 Å². The fourth-order valence-electron chi connectivity index (χ4n) is 2.84. The summed E-state index contributed by atoms with van der Waals surface area (Å²) in [5.74, 6) is -0.802. The molecule has 1 amide bonds. The summed E-state index contributed by atoms with van der Waals surface area (Å²) in [6.45, 7) is 1.38. The first-order chi connectivity index (χ1) is 12.1. The molecule has 3 rings (SSSR count). The number of nitrogens with zero attached hydrogens (tertiary/aromatic N) is 1. The van der Waals surface area contributed by atoms with E-state index >= 15 is 0 Å². The van der Waals surface area contributed by atoms with Gasteiger partial charge in [-0.05, 0) is 31.0 Å². The van der Waals surface area contributed by atoms with Gasteiger partial charge < -0.3 is 15.4 Å². The van der Waals surface area contributed by atoms with Gasteiger partial charge in [-0.2, -0.15) is 0 Å². The van der Waals surface area contributed by atoms with Crippen LogP contribution in [0.5, 0.6) is 0 Å². The number of carbonyl (C=O) groups is 2. The minimum atomic E-state index is -0.969. The maximum Gasteiger partial charge on any atom is 0.339 e. The van der Waals surface area contributed by atoms with Gasteiger partial charge in [0.1, 0.15) is 0 Å². The molecule has 1 heterocycles. The van der Waals surface area contributed by atoms with E-state index in [1.807, 2.05) is 18.2 Å². The Kier molecular flexibility index (Phi) is 5.24. The molecule has 25 heavy (non-hydrogen) atoms. The van der Waals surface area contributed by atoms with Crippen molar-refractivity contribution >= 4 is 29.2 Å². The van der Waals surface area contributed by atoms with Crippen LogP contribution >= 0.6 is 11.6 Å². The topological polar surface area (TPSA) is 72.6 Å². The molecule has 0 spiro atoms. The van der Waals surface area contributed by atoms with Crippen molar-refractivity contribution in [3.05, 3.63) is 64.7 Å². The zero-order chi connectivity index (χ0) is 17.8. The highest BCUT2D eigenvalue weighted by Crippen LogP contribution is 2.26. The highest BCUT2D eigenvalue weighted by molar-refractivity contribution is 6.33. The number of likely N-dealkylation sites (tertiary alicyclic amines) is 1. The summed E-state index contributed by atoms with van der Waals surface area (Å²) in [4.78, 5) is 27.1. The van der Waals surface area contributed by atoms with E-state index in [0.717, 1.165) is 12.8 Å². The second kappa shape index (κ2) is 7.57. The maximum atomic E-state index is 12.8. The third-order valence-corrected chi connectivity index (χ3v) is 4.55. The first-order valence-corrected chi connectivity index (χ1v) is 8.54. The van der Waals surface area contributed by atoms with Crippen LogP contribution in [-0.4, -0.2) is 29.9 Å². The normalized spacial score (nSPS) is 15.0. The third kappa shape index (κ3) is 3.94. The summed E-state index contributed by atoms with van der Waals surface area (Å²) in [7, 11) is 0. The van der Waals surface area contributed by atoms with Crippen LogP contribution in [0.25, 0.3) is 0 Å². The quantitative estimate of drug-likeness (QED) is 0.671. The van der Waals surface area contributed by atoms with Crippen LogP contribution in [0, 0.1) is 0 Å². The molecule has 0 radical (unpaired) electrons. The first kappa shape index (κ1) is 17.3. The zero-order valence-electron chi connectivity index (χ0n) is 13.7. The Morgan fingerprint density at radius 2 is 1.76 bits per heavy atom. The Bertz CT molecular complexity index is 773. The fourth-order valence-corrected chi connectivity index (χ4v) is 2.96. The van der Waals surface area contributed by atoms with Crippen molar-refractivity contribution in [3.63, 3.8) is 0 Å². The molecule has 1 atom stereocenters. The minimum Gasteiger partial charge on any atom is -0.444 e. The summed E-state index contributed by atoms with van der Waals surface area (Å²) in [6.07, 6.45) is 0.966. The summed E-state index contributed by atoms with van der Waals surface area (Å²) in [6, 6.07) is 13.6. The van der Waals surface area contributed by atoms with Gasteiger partial charge in [-0.3, -0.25) is 4.79 Å². The van der Waals surface area contributed by atoms with E-state index in [9.17, 15) is 9.59 Å². The number of nitrogens with two attached hydrogens (primary N) is 1. The van der Waals surface area contributed by atoms with E-state index in [1.54, 1.807) is 17.0 Å². The molecule has 1 aliphatic heterocycles. The van der Waals surface area contributed by atoms with Crippen LogP contribution < -0.4 is 5.73 Å². The number of carbonyl (C=O) groups excluding carboxylic acids is 2. The van der Waals surface area contributed by atoms with Crippen molar-refractivity contribution in [3.8, 4) is 0 Å². The predicted molar refractivity (Wildman–Crippen MR) is 96.3 cm³/mol. The summed E-state index contributed by atoms with van der Waals surface area (Å²) >= 11 is 5.89. The van der Waals surface area contributed by atoms with Gasteiger partial charge in [0.2, 0.25) is 6.10 Å². The van der Waals surface area contributed by atoms with Gasteiger partial charge in [-0.25, -0.2) is 4.79 Å². The number of nitrogen functional groups attached to an aromatic ring is 1. The Morgan fingerprint density at radius 1 is 1.08 bits per heavy atom. The molecule has 0 unspecified atom stereocenters. The lowest BCUT2D eigenvalue weighted by atomic mass is 10.1. The average Bonchev–Trinajstić information content (AvgIpc) is 3.16. The third-order valence-electron chi connectivity index (χ3n) is 4.20. The smallest absolute Gasteiger partial charge is 0.339 e. The lowest BCUT2D eigenvalue weighted by Crippen LogP contribution is -2.34. The van der Waals surface area contributed by atoms with Gasteiger partial charge in [-0.15, -0.1) is 0 Å². The fraction of sp³-hybridized carbons (Fsp3) is 0.263. The number of halogens is 1. The van der Waals surface area contributed by atoms with Crippen LogP contribution in [0.1, 0.15) is 34.9 Å². The molecular weight excluding hydrogens is 340 g/mol. The average molecular weight is 359 g/mol. The molecular formula is C19H19ClN2O3. The minimum absolute atomic E-state index is 0.195. The second-order valence-corrected chi connectivity index (χ2v) is 6.37. The Labute approximate surface area is 151 Å². The molecule has 1 saturated heterocycles. The monoisotopic (exact) mass is 358 g/mol. The Morgan fingerprint density at radius 3 is 2.40 bits per heavy atom. The molecule has 0 aromatic heterocycles. The zero-order valence-corrected chi connectivity index (χ0v) is 14.4. The van der Waals surface area contributed by atoms with Crippen molar-refractivity contribution in [2.45, 2.75) is 18.9 Å². The van der Waals surface area contributed by atoms with Crippen LogP contribution in [0.2, 0.25) is 5.02 Å². The lowest BCUT2D eigenvalue weighted by molar-refractivity contribution is -0.140. The number of ether oxygens (including phenoxy) is 1. The highest BCUT2D eigenvalue weighted by Gasteiger charge is 2.31. The predicted octanol–water partition coefficient (Wildman–Crippen LogP) is 3.44. The number of benzene rings is 2. The summed E-state index contributed by atoms with van der Waals surface area (Å²) in [5, 5.41) is 0.365. The summed E-state index contributed by atoms with van der Waals surface area (Å²) < 4.78 is 5.56. The molecule has 6 heteroatoms. The standard InChI is InChI=1S/C19H19ClN2O3/c20-15-9-8-14(12-16(15)21)19(24)25-17(13-6-2-1-3-7-13)18(23)22-10-4-5-11-22/h1-3,6-9,12,17H,4-5,10-11,21H2/t17-/m0/s1. The summed E-state index contributed by atoms with van der Waals surface area (Å²) in [5.41, 5.74) is 6.94. The Hall–Kier alpha value is -2.53. The second-order valence-electron chi connectivity index (χ2n) is 5.96. The van der Waals surface area contributed by atoms with Crippen LogP contribution in [-0.2, 0) is 9.53 Å².